The van der Waals surface area contributed by atoms with Gasteiger partial charge in [0.2, 0.25) is 0 Å². The molecule has 1 aliphatic rings. The molecular weight excluding hydrogens is 248 g/mol. The van der Waals surface area contributed by atoms with E-state index in [2.05, 4.69) is 55.4 Å². The van der Waals surface area contributed by atoms with Gasteiger partial charge in [-0.1, -0.05) is 24.3 Å². The molecular formula is C17H28N2O. The second kappa shape index (κ2) is 7.77. The van der Waals surface area contributed by atoms with Gasteiger partial charge in [-0.15, -0.1) is 0 Å². The summed E-state index contributed by atoms with van der Waals surface area (Å²) in [6.07, 6.45) is 2.87. The van der Waals surface area contributed by atoms with Crippen LogP contribution in [0, 0.1) is 6.92 Å². The van der Waals surface area contributed by atoms with Crippen molar-refractivity contribution >= 4 is 0 Å². The first kappa shape index (κ1) is 15.5. The molecule has 3 nitrogen and oxygen atoms in total. The van der Waals surface area contributed by atoms with Crippen LogP contribution in [0.4, 0.5) is 0 Å². The molecule has 2 atom stereocenters. The predicted molar refractivity (Wildman–Crippen MR) is 84.1 cm³/mol. The van der Waals surface area contributed by atoms with E-state index in [4.69, 9.17) is 4.74 Å². The minimum atomic E-state index is 0.400. The maximum absolute atomic E-state index is 5.80. The Hall–Kier alpha value is -0.900. The number of aryl methyl sites for hydroxylation is 1. The van der Waals surface area contributed by atoms with E-state index in [1.165, 1.54) is 30.5 Å². The number of nitrogens with one attached hydrogen (secondary N) is 1. The first-order chi connectivity index (χ1) is 9.74. The van der Waals surface area contributed by atoms with E-state index in [1.807, 2.05) is 0 Å². The number of hydrogen-bond donors (Lipinski definition) is 1. The molecule has 1 aliphatic heterocycles. The molecule has 0 aliphatic carbocycles. The number of likely N-dealkylation sites (tertiary alicyclic amines) is 1. The highest BCUT2D eigenvalue weighted by atomic mass is 16.5. The number of ether oxygens (including phenoxy) is 1. The lowest BCUT2D eigenvalue weighted by atomic mass is 9.99. The molecule has 20 heavy (non-hydrogen) atoms. The molecule has 1 fully saturated rings. The number of likely N-dealkylation sites (N-methyl/N-ethyl adjacent to an activating group) is 1. The standard InChI is InChI=1S/C17H28N2O/c1-4-20-15-9-7-11-19(12-15)13-17(18-3)16-10-6-5-8-14(16)2/h5-6,8,10,15,17-18H,4,7,9,11-13H2,1-3H3. The molecule has 1 N–H and O–H groups in total. The zero-order valence-electron chi connectivity index (χ0n) is 13.1. The van der Waals surface area contributed by atoms with Crippen molar-refractivity contribution in [2.45, 2.75) is 38.8 Å². The maximum Gasteiger partial charge on any atom is 0.0702 e. The fraction of sp³-hybridized carbons (Fsp3) is 0.647. The molecule has 1 heterocycles. The van der Waals surface area contributed by atoms with Crippen LogP contribution in [0.5, 0.6) is 0 Å². The van der Waals surface area contributed by atoms with E-state index >= 15 is 0 Å². The molecule has 0 radical (unpaired) electrons. The van der Waals surface area contributed by atoms with Gasteiger partial charge in [0.1, 0.15) is 0 Å². The van der Waals surface area contributed by atoms with Crippen molar-refractivity contribution in [2.24, 2.45) is 0 Å². The molecule has 3 heteroatoms. The molecule has 2 unspecified atom stereocenters. The van der Waals surface area contributed by atoms with Crippen molar-refractivity contribution < 1.29 is 4.74 Å². The normalized spacial score (nSPS) is 21.9. The lowest BCUT2D eigenvalue weighted by Crippen LogP contribution is -2.43. The average Bonchev–Trinajstić information content (AvgIpc) is 2.46. The van der Waals surface area contributed by atoms with E-state index in [0.717, 1.165) is 19.7 Å². The molecule has 112 valence electrons. The molecule has 1 aromatic carbocycles. The highest BCUT2D eigenvalue weighted by Gasteiger charge is 2.23. The van der Waals surface area contributed by atoms with Gasteiger partial charge in [-0.3, -0.25) is 4.90 Å². The third kappa shape index (κ3) is 4.05. The van der Waals surface area contributed by atoms with Crippen LogP contribution >= 0.6 is 0 Å². The van der Waals surface area contributed by atoms with Gasteiger partial charge in [-0.25, -0.2) is 0 Å². The Balaban J connectivity index is 1.98. The van der Waals surface area contributed by atoms with Gasteiger partial charge < -0.3 is 10.1 Å². The molecule has 1 aromatic rings. The zero-order chi connectivity index (χ0) is 14.4. The summed E-state index contributed by atoms with van der Waals surface area (Å²) >= 11 is 0. The number of benzene rings is 1. The molecule has 0 bridgehead atoms. The van der Waals surface area contributed by atoms with Gasteiger partial charge >= 0.3 is 0 Å². The smallest absolute Gasteiger partial charge is 0.0702 e. The number of rotatable bonds is 6. The van der Waals surface area contributed by atoms with Gasteiger partial charge in [-0.2, -0.15) is 0 Å². The summed E-state index contributed by atoms with van der Waals surface area (Å²) in [4.78, 5) is 2.54. The monoisotopic (exact) mass is 276 g/mol. The number of piperidine rings is 1. The predicted octanol–water partition coefficient (Wildman–Crippen LogP) is 2.76. The first-order valence-corrected chi connectivity index (χ1v) is 7.81. The van der Waals surface area contributed by atoms with Crippen molar-refractivity contribution in [3.63, 3.8) is 0 Å². The fourth-order valence-electron chi connectivity index (χ4n) is 3.13. The van der Waals surface area contributed by atoms with Crippen molar-refractivity contribution in [1.82, 2.24) is 10.2 Å². The quantitative estimate of drug-likeness (QED) is 0.864. The van der Waals surface area contributed by atoms with Gasteiger partial charge in [0.15, 0.2) is 0 Å². The summed E-state index contributed by atoms with van der Waals surface area (Å²) in [6, 6.07) is 9.07. The summed E-state index contributed by atoms with van der Waals surface area (Å²) in [5.74, 6) is 0. The summed E-state index contributed by atoms with van der Waals surface area (Å²) in [7, 11) is 2.06. The molecule has 0 amide bonds. The largest absolute Gasteiger partial charge is 0.377 e. The van der Waals surface area contributed by atoms with E-state index in [1.54, 1.807) is 0 Å². The van der Waals surface area contributed by atoms with Crippen LogP contribution in [-0.4, -0.2) is 44.3 Å². The van der Waals surface area contributed by atoms with E-state index in [-0.39, 0.29) is 0 Å². The minimum absolute atomic E-state index is 0.400. The Morgan fingerprint density at radius 3 is 2.90 bits per heavy atom. The zero-order valence-corrected chi connectivity index (χ0v) is 13.1. The molecule has 0 aromatic heterocycles. The highest BCUT2D eigenvalue weighted by Crippen LogP contribution is 2.21. The van der Waals surface area contributed by atoms with Crippen molar-refractivity contribution in [1.29, 1.82) is 0 Å². The van der Waals surface area contributed by atoms with Crippen LogP contribution in [0.3, 0.4) is 0 Å². The van der Waals surface area contributed by atoms with E-state index < -0.39 is 0 Å². The molecule has 0 saturated carbocycles. The Morgan fingerprint density at radius 2 is 2.20 bits per heavy atom. The third-order valence-corrected chi connectivity index (χ3v) is 4.22. The van der Waals surface area contributed by atoms with E-state index in [9.17, 15) is 0 Å². The average molecular weight is 276 g/mol. The Morgan fingerprint density at radius 1 is 1.40 bits per heavy atom. The SMILES string of the molecule is CCOC1CCCN(CC(NC)c2ccccc2C)C1. The summed E-state index contributed by atoms with van der Waals surface area (Å²) in [6.45, 7) is 8.42. The van der Waals surface area contributed by atoms with Gasteiger partial charge in [0.25, 0.3) is 0 Å². The van der Waals surface area contributed by atoms with Crippen molar-refractivity contribution in [3.8, 4) is 0 Å². The first-order valence-electron chi connectivity index (χ1n) is 7.81. The topological polar surface area (TPSA) is 24.5 Å². The second-order valence-electron chi connectivity index (χ2n) is 5.68. The van der Waals surface area contributed by atoms with E-state index in [0.29, 0.717) is 12.1 Å². The summed E-state index contributed by atoms with van der Waals surface area (Å²) in [5, 5.41) is 3.47. The minimum Gasteiger partial charge on any atom is -0.377 e. The Labute approximate surface area is 123 Å². The van der Waals surface area contributed by atoms with Crippen LogP contribution in [-0.2, 0) is 4.74 Å². The number of hydrogen-bond acceptors (Lipinski definition) is 3. The van der Waals surface area contributed by atoms with Crippen molar-refractivity contribution in [3.05, 3.63) is 35.4 Å². The van der Waals surface area contributed by atoms with Crippen LogP contribution < -0.4 is 5.32 Å². The van der Waals surface area contributed by atoms with Crippen LogP contribution in [0.15, 0.2) is 24.3 Å². The van der Waals surface area contributed by atoms with Gasteiger partial charge in [0, 0.05) is 25.7 Å². The highest BCUT2D eigenvalue weighted by molar-refractivity contribution is 5.29. The Kier molecular flexibility index (Phi) is 6.02. The Bertz CT molecular complexity index is 406. The molecule has 2 rings (SSSR count). The van der Waals surface area contributed by atoms with Crippen molar-refractivity contribution in [2.75, 3.05) is 33.3 Å². The number of nitrogens with zero attached hydrogens (tertiary/aromatic N) is 1. The summed E-state index contributed by atoms with van der Waals surface area (Å²) in [5.41, 5.74) is 2.78. The van der Waals surface area contributed by atoms with Crippen LogP contribution in [0.2, 0.25) is 0 Å². The second-order valence-corrected chi connectivity index (χ2v) is 5.68. The molecule has 0 spiro atoms. The maximum atomic E-state index is 5.80. The van der Waals surface area contributed by atoms with Crippen LogP contribution in [0.25, 0.3) is 0 Å². The lowest BCUT2D eigenvalue weighted by molar-refractivity contribution is 0.00366. The summed E-state index contributed by atoms with van der Waals surface area (Å²) < 4.78 is 5.80. The van der Waals surface area contributed by atoms with Gasteiger partial charge in [0.05, 0.1) is 6.10 Å². The lowest BCUT2D eigenvalue weighted by Gasteiger charge is -2.35. The fourth-order valence-corrected chi connectivity index (χ4v) is 3.13. The van der Waals surface area contributed by atoms with Gasteiger partial charge in [-0.05, 0) is 51.4 Å². The van der Waals surface area contributed by atoms with Crippen LogP contribution in [0.1, 0.15) is 36.9 Å². The molecule has 1 saturated heterocycles. The third-order valence-electron chi connectivity index (χ3n) is 4.22.